The molecule has 0 N–H and O–H groups in total. The molecule has 0 aromatic carbocycles. The van der Waals surface area contributed by atoms with Crippen molar-refractivity contribution in [3.8, 4) is 0 Å². The molecule has 0 aliphatic carbocycles. The van der Waals surface area contributed by atoms with Crippen molar-refractivity contribution in [3.05, 3.63) is 30.2 Å². The van der Waals surface area contributed by atoms with Gasteiger partial charge in [-0.15, -0.1) is 0 Å². The van der Waals surface area contributed by atoms with Gasteiger partial charge in [-0.25, -0.2) is 4.79 Å². The first-order valence-corrected chi connectivity index (χ1v) is 4.42. The van der Waals surface area contributed by atoms with Gasteiger partial charge in [0.1, 0.15) is 11.4 Å². The van der Waals surface area contributed by atoms with E-state index in [4.69, 9.17) is 9.15 Å². The molecule has 1 aromatic rings. The third kappa shape index (κ3) is 3.94. The standard InChI is InChI=1S/C11H14O3/c1-11(2,3)14-10(12)7-6-9-5-4-8-13-9/h4-8H,1-3H3/b7-6+. The Morgan fingerprint density at radius 1 is 1.50 bits per heavy atom. The number of carbonyl (C=O) groups is 1. The third-order valence-corrected chi connectivity index (χ3v) is 1.33. The highest BCUT2D eigenvalue weighted by molar-refractivity contribution is 5.86. The molecule has 76 valence electrons. The van der Waals surface area contributed by atoms with Gasteiger partial charge in [0, 0.05) is 6.08 Å². The van der Waals surface area contributed by atoms with E-state index in [0.717, 1.165) is 0 Å². The minimum atomic E-state index is -0.454. The summed E-state index contributed by atoms with van der Waals surface area (Å²) in [5.74, 6) is 0.268. The zero-order chi connectivity index (χ0) is 10.6. The topological polar surface area (TPSA) is 39.4 Å². The second-order valence-electron chi connectivity index (χ2n) is 3.88. The van der Waals surface area contributed by atoms with E-state index in [2.05, 4.69) is 0 Å². The highest BCUT2D eigenvalue weighted by Crippen LogP contribution is 2.08. The maximum atomic E-state index is 11.2. The summed E-state index contributed by atoms with van der Waals surface area (Å²) in [6.45, 7) is 5.48. The molecule has 0 amide bonds. The predicted molar refractivity (Wildman–Crippen MR) is 53.6 cm³/mol. The first-order valence-electron chi connectivity index (χ1n) is 4.42. The number of hydrogen-bond acceptors (Lipinski definition) is 3. The Balaban J connectivity index is 2.49. The molecule has 0 atom stereocenters. The van der Waals surface area contributed by atoms with Gasteiger partial charge in [0.15, 0.2) is 0 Å². The van der Waals surface area contributed by atoms with Crippen molar-refractivity contribution in [2.75, 3.05) is 0 Å². The molecule has 0 aliphatic heterocycles. The van der Waals surface area contributed by atoms with Gasteiger partial charge in [0.25, 0.3) is 0 Å². The summed E-state index contributed by atoms with van der Waals surface area (Å²) in [6.07, 6.45) is 4.48. The second-order valence-corrected chi connectivity index (χ2v) is 3.88. The largest absolute Gasteiger partial charge is 0.465 e. The van der Waals surface area contributed by atoms with Gasteiger partial charge >= 0.3 is 5.97 Å². The Bertz CT molecular complexity index is 315. The summed E-state index contributed by atoms with van der Waals surface area (Å²) >= 11 is 0. The van der Waals surface area contributed by atoms with Crippen LogP contribution in [0.3, 0.4) is 0 Å². The van der Waals surface area contributed by atoms with Gasteiger partial charge in [-0.2, -0.15) is 0 Å². The molecular weight excluding hydrogens is 180 g/mol. The van der Waals surface area contributed by atoms with Crippen LogP contribution in [0.1, 0.15) is 26.5 Å². The number of esters is 1. The molecule has 0 aliphatic rings. The number of carbonyl (C=O) groups excluding carboxylic acids is 1. The van der Waals surface area contributed by atoms with Gasteiger partial charge in [0.05, 0.1) is 6.26 Å². The van der Waals surface area contributed by atoms with Crippen LogP contribution >= 0.6 is 0 Å². The van der Waals surface area contributed by atoms with Crippen LogP contribution in [0.4, 0.5) is 0 Å². The summed E-state index contributed by atoms with van der Waals surface area (Å²) in [7, 11) is 0. The van der Waals surface area contributed by atoms with Crippen LogP contribution in [0.5, 0.6) is 0 Å². The van der Waals surface area contributed by atoms with E-state index in [1.165, 1.54) is 6.08 Å². The fourth-order valence-corrected chi connectivity index (χ4v) is 0.872. The van der Waals surface area contributed by atoms with Crippen molar-refractivity contribution in [2.24, 2.45) is 0 Å². The molecule has 0 saturated heterocycles. The van der Waals surface area contributed by atoms with Crippen LogP contribution in [-0.2, 0) is 9.53 Å². The Labute approximate surface area is 83.4 Å². The van der Waals surface area contributed by atoms with Crippen LogP contribution in [0.25, 0.3) is 6.08 Å². The van der Waals surface area contributed by atoms with Crippen molar-refractivity contribution in [2.45, 2.75) is 26.4 Å². The maximum absolute atomic E-state index is 11.2. The summed E-state index contributed by atoms with van der Waals surface area (Å²) in [6, 6.07) is 3.52. The van der Waals surface area contributed by atoms with Crippen molar-refractivity contribution >= 4 is 12.0 Å². The molecule has 0 radical (unpaired) electrons. The van der Waals surface area contributed by atoms with Gasteiger partial charge in [-0.05, 0) is 39.0 Å². The van der Waals surface area contributed by atoms with Crippen molar-refractivity contribution in [1.29, 1.82) is 0 Å². The summed E-state index contributed by atoms with van der Waals surface area (Å²) < 4.78 is 10.1. The van der Waals surface area contributed by atoms with Gasteiger partial charge in [0.2, 0.25) is 0 Å². The van der Waals surface area contributed by atoms with E-state index >= 15 is 0 Å². The van der Waals surface area contributed by atoms with E-state index < -0.39 is 5.60 Å². The lowest BCUT2D eigenvalue weighted by Gasteiger charge is -2.17. The van der Waals surface area contributed by atoms with Crippen molar-refractivity contribution in [1.82, 2.24) is 0 Å². The molecule has 1 rings (SSSR count). The van der Waals surface area contributed by atoms with E-state index in [-0.39, 0.29) is 5.97 Å². The van der Waals surface area contributed by atoms with Crippen LogP contribution in [0, 0.1) is 0 Å². The first-order chi connectivity index (χ1) is 6.47. The number of ether oxygens (including phenoxy) is 1. The lowest BCUT2D eigenvalue weighted by molar-refractivity contribution is -0.148. The van der Waals surface area contributed by atoms with Gasteiger partial charge < -0.3 is 9.15 Å². The predicted octanol–water partition coefficient (Wildman–Crippen LogP) is 2.63. The molecule has 0 spiro atoms. The summed E-state index contributed by atoms with van der Waals surface area (Å²) in [4.78, 5) is 11.2. The minimum absolute atomic E-state index is 0.367. The monoisotopic (exact) mass is 194 g/mol. The fourth-order valence-electron chi connectivity index (χ4n) is 0.872. The van der Waals surface area contributed by atoms with E-state index in [0.29, 0.717) is 5.76 Å². The molecule has 0 unspecified atom stereocenters. The second kappa shape index (κ2) is 4.13. The van der Waals surface area contributed by atoms with Crippen molar-refractivity contribution < 1.29 is 13.9 Å². The Morgan fingerprint density at radius 3 is 2.71 bits per heavy atom. The lowest BCUT2D eigenvalue weighted by atomic mass is 10.2. The molecule has 0 bridgehead atoms. The molecule has 3 heteroatoms. The highest BCUT2D eigenvalue weighted by Gasteiger charge is 2.13. The maximum Gasteiger partial charge on any atom is 0.331 e. The van der Waals surface area contributed by atoms with E-state index in [9.17, 15) is 4.79 Å². The SMILES string of the molecule is CC(C)(C)OC(=O)/C=C/c1ccco1. The normalized spacial score (nSPS) is 11.9. The molecule has 3 nitrogen and oxygen atoms in total. The minimum Gasteiger partial charge on any atom is -0.465 e. The number of hydrogen-bond donors (Lipinski definition) is 0. The van der Waals surface area contributed by atoms with Crippen molar-refractivity contribution in [3.63, 3.8) is 0 Å². The molecule has 1 heterocycles. The lowest BCUT2D eigenvalue weighted by Crippen LogP contribution is -2.22. The first kappa shape index (κ1) is 10.6. The third-order valence-electron chi connectivity index (χ3n) is 1.33. The Hall–Kier alpha value is -1.51. The van der Waals surface area contributed by atoms with E-state index in [1.807, 2.05) is 20.8 Å². The Morgan fingerprint density at radius 2 is 2.21 bits per heavy atom. The van der Waals surface area contributed by atoms with Crippen LogP contribution in [0.2, 0.25) is 0 Å². The van der Waals surface area contributed by atoms with Gasteiger partial charge in [-0.3, -0.25) is 0 Å². The summed E-state index contributed by atoms with van der Waals surface area (Å²) in [5, 5.41) is 0. The average molecular weight is 194 g/mol. The quantitative estimate of drug-likeness (QED) is 0.536. The van der Waals surface area contributed by atoms with Crippen LogP contribution < -0.4 is 0 Å². The molecule has 14 heavy (non-hydrogen) atoms. The smallest absolute Gasteiger partial charge is 0.331 e. The fraction of sp³-hybridized carbons (Fsp3) is 0.364. The molecule has 0 saturated carbocycles. The zero-order valence-corrected chi connectivity index (χ0v) is 8.61. The zero-order valence-electron chi connectivity index (χ0n) is 8.61. The number of furan rings is 1. The number of rotatable bonds is 2. The van der Waals surface area contributed by atoms with E-state index in [1.54, 1.807) is 24.5 Å². The summed E-state index contributed by atoms with van der Waals surface area (Å²) in [5.41, 5.74) is -0.454. The van der Waals surface area contributed by atoms with Gasteiger partial charge in [-0.1, -0.05) is 0 Å². The molecular formula is C11H14O3. The average Bonchev–Trinajstić information content (AvgIpc) is 2.49. The highest BCUT2D eigenvalue weighted by atomic mass is 16.6. The van der Waals surface area contributed by atoms with Crippen LogP contribution in [0.15, 0.2) is 28.9 Å². The molecule has 0 fully saturated rings. The Kier molecular flexibility index (Phi) is 3.12. The molecule has 1 aromatic heterocycles. The van der Waals surface area contributed by atoms with Crippen LogP contribution in [-0.4, -0.2) is 11.6 Å².